The molecule has 0 spiro atoms. The van der Waals surface area contributed by atoms with E-state index < -0.39 is 0 Å². The van der Waals surface area contributed by atoms with Gasteiger partial charge in [-0.1, -0.05) is 59.7 Å². The Kier molecular flexibility index (Phi) is 6.32. The molecule has 5 rings (SSSR count). The quantitative estimate of drug-likeness (QED) is 0.301. The molecule has 0 saturated heterocycles. The normalized spacial score (nSPS) is 15.2. The van der Waals surface area contributed by atoms with E-state index in [1.54, 1.807) is 0 Å². The molecule has 0 bridgehead atoms. The molecular weight excluding hydrogens is 438 g/mol. The van der Waals surface area contributed by atoms with Crippen LogP contribution in [0.2, 0.25) is 0 Å². The zero-order valence-electron chi connectivity index (χ0n) is 22.0. The number of rotatable bonds is 4. The topological polar surface area (TPSA) is 29.0 Å². The van der Waals surface area contributed by atoms with Crippen molar-refractivity contribution in [3.8, 4) is 11.4 Å². The SMILES string of the molecule is Cc1cc(C)c(C2C=CC=C(c3cccc(-c4ccccn4)n3)N2c2c(C)cc(C)cc2C)c(C)c1. The molecule has 2 aromatic heterocycles. The first kappa shape index (κ1) is 23.7. The van der Waals surface area contributed by atoms with Crippen molar-refractivity contribution in [2.45, 2.75) is 47.6 Å². The van der Waals surface area contributed by atoms with Crippen LogP contribution in [0, 0.1) is 41.5 Å². The first-order chi connectivity index (χ1) is 17.3. The third-order valence-corrected chi connectivity index (χ3v) is 6.93. The first-order valence-corrected chi connectivity index (χ1v) is 12.6. The van der Waals surface area contributed by atoms with Crippen LogP contribution in [0.15, 0.2) is 85.1 Å². The fourth-order valence-corrected chi connectivity index (χ4v) is 5.71. The third kappa shape index (κ3) is 4.37. The lowest BCUT2D eigenvalue weighted by atomic mass is 9.89. The van der Waals surface area contributed by atoms with Gasteiger partial charge in [0.05, 0.1) is 28.8 Å². The maximum atomic E-state index is 5.10. The predicted octanol–water partition coefficient (Wildman–Crippen LogP) is 8.15. The molecule has 1 aliphatic rings. The highest BCUT2D eigenvalue weighted by molar-refractivity contribution is 5.85. The van der Waals surface area contributed by atoms with E-state index in [1.807, 2.05) is 30.5 Å². The van der Waals surface area contributed by atoms with Gasteiger partial charge in [-0.15, -0.1) is 0 Å². The van der Waals surface area contributed by atoms with E-state index in [4.69, 9.17) is 4.98 Å². The second-order valence-electron chi connectivity index (χ2n) is 9.93. The van der Waals surface area contributed by atoms with Crippen molar-refractivity contribution in [2.24, 2.45) is 0 Å². The molecule has 1 unspecified atom stereocenters. The Morgan fingerprint density at radius 1 is 0.667 bits per heavy atom. The number of aromatic nitrogens is 2. The van der Waals surface area contributed by atoms with Gasteiger partial charge < -0.3 is 4.90 Å². The van der Waals surface area contributed by atoms with Gasteiger partial charge in [0.1, 0.15) is 0 Å². The Labute approximate surface area is 214 Å². The van der Waals surface area contributed by atoms with Gasteiger partial charge in [-0.3, -0.25) is 4.98 Å². The molecule has 0 N–H and O–H groups in total. The number of nitrogens with zero attached hydrogens (tertiary/aromatic N) is 3. The third-order valence-electron chi connectivity index (χ3n) is 6.93. The molecular formula is C33H33N3. The molecule has 4 aromatic rings. The summed E-state index contributed by atoms with van der Waals surface area (Å²) >= 11 is 0. The van der Waals surface area contributed by atoms with Crippen molar-refractivity contribution < 1.29 is 0 Å². The lowest BCUT2D eigenvalue weighted by Crippen LogP contribution is -2.30. The summed E-state index contributed by atoms with van der Waals surface area (Å²) in [5.74, 6) is 0. The number of hydrogen-bond acceptors (Lipinski definition) is 3. The van der Waals surface area contributed by atoms with E-state index in [0.717, 1.165) is 22.8 Å². The molecule has 3 heteroatoms. The van der Waals surface area contributed by atoms with Crippen LogP contribution in [-0.4, -0.2) is 9.97 Å². The van der Waals surface area contributed by atoms with Crippen LogP contribution in [0.3, 0.4) is 0 Å². The average molecular weight is 472 g/mol. The van der Waals surface area contributed by atoms with Gasteiger partial charge in [0.2, 0.25) is 0 Å². The summed E-state index contributed by atoms with van der Waals surface area (Å²) in [5, 5.41) is 0. The molecule has 3 heterocycles. The van der Waals surface area contributed by atoms with Crippen LogP contribution >= 0.6 is 0 Å². The van der Waals surface area contributed by atoms with Crippen molar-refractivity contribution in [1.29, 1.82) is 0 Å². The number of allylic oxidation sites excluding steroid dienone is 2. The predicted molar refractivity (Wildman–Crippen MR) is 151 cm³/mol. The van der Waals surface area contributed by atoms with Crippen LogP contribution in [0.25, 0.3) is 17.1 Å². The minimum atomic E-state index is 0.0611. The average Bonchev–Trinajstić information content (AvgIpc) is 2.84. The Balaban J connectivity index is 1.72. The summed E-state index contributed by atoms with van der Waals surface area (Å²) in [7, 11) is 0. The van der Waals surface area contributed by atoms with Gasteiger partial charge in [0.25, 0.3) is 0 Å². The summed E-state index contributed by atoms with van der Waals surface area (Å²) in [6.45, 7) is 13.2. The van der Waals surface area contributed by atoms with Gasteiger partial charge in [-0.05, 0) is 99.7 Å². The Bertz CT molecular complexity index is 1450. The number of anilines is 1. The Morgan fingerprint density at radius 2 is 1.28 bits per heavy atom. The second-order valence-corrected chi connectivity index (χ2v) is 9.93. The van der Waals surface area contributed by atoms with Crippen LogP contribution in [0.4, 0.5) is 5.69 Å². The Hall–Kier alpha value is -3.98. The van der Waals surface area contributed by atoms with Gasteiger partial charge >= 0.3 is 0 Å². The zero-order chi connectivity index (χ0) is 25.4. The molecule has 0 amide bonds. The van der Waals surface area contributed by atoms with Crippen LogP contribution < -0.4 is 4.90 Å². The summed E-state index contributed by atoms with van der Waals surface area (Å²) in [6.07, 6.45) is 8.51. The van der Waals surface area contributed by atoms with Gasteiger partial charge in [0, 0.05) is 11.9 Å². The molecule has 3 nitrogen and oxygen atoms in total. The highest BCUT2D eigenvalue weighted by Crippen LogP contribution is 2.43. The lowest BCUT2D eigenvalue weighted by Gasteiger charge is -2.39. The van der Waals surface area contributed by atoms with E-state index in [-0.39, 0.29) is 6.04 Å². The fraction of sp³-hybridized carbons (Fsp3) is 0.212. The van der Waals surface area contributed by atoms with Crippen LogP contribution in [-0.2, 0) is 0 Å². The summed E-state index contributed by atoms with van der Waals surface area (Å²) in [5.41, 5.74) is 14.1. The molecule has 36 heavy (non-hydrogen) atoms. The van der Waals surface area contributed by atoms with Crippen molar-refractivity contribution in [3.05, 3.63) is 130 Å². The van der Waals surface area contributed by atoms with E-state index in [0.29, 0.717) is 0 Å². The molecule has 0 saturated carbocycles. The summed E-state index contributed by atoms with van der Waals surface area (Å²) in [6, 6.07) is 21.4. The molecule has 180 valence electrons. The maximum Gasteiger partial charge on any atom is 0.0894 e. The van der Waals surface area contributed by atoms with E-state index in [9.17, 15) is 0 Å². The highest BCUT2D eigenvalue weighted by Gasteiger charge is 2.30. The highest BCUT2D eigenvalue weighted by atomic mass is 15.2. The standard InChI is InChI=1S/C33H33N3/c1-21-17-23(3)32(24(4)18-21)31-15-10-14-30(36(31)33-25(5)19-22(2)20-26(33)6)29-13-9-12-28(35-29)27-11-7-8-16-34-27/h7-20,31H,1-6H3. The molecule has 0 fully saturated rings. The van der Waals surface area contributed by atoms with Gasteiger partial charge in [0.15, 0.2) is 0 Å². The molecule has 1 aliphatic heterocycles. The number of hydrogen-bond donors (Lipinski definition) is 0. The van der Waals surface area contributed by atoms with Gasteiger partial charge in [-0.25, -0.2) is 4.98 Å². The van der Waals surface area contributed by atoms with Crippen molar-refractivity contribution in [2.75, 3.05) is 4.90 Å². The molecule has 2 aromatic carbocycles. The van der Waals surface area contributed by atoms with E-state index in [2.05, 4.69) is 106 Å². The number of benzene rings is 2. The van der Waals surface area contributed by atoms with E-state index >= 15 is 0 Å². The lowest BCUT2D eigenvalue weighted by molar-refractivity contribution is 0.821. The fourth-order valence-electron chi connectivity index (χ4n) is 5.71. The van der Waals surface area contributed by atoms with Crippen molar-refractivity contribution in [1.82, 2.24) is 9.97 Å². The first-order valence-electron chi connectivity index (χ1n) is 12.6. The summed E-state index contributed by atoms with van der Waals surface area (Å²) < 4.78 is 0. The number of pyridine rings is 2. The molecule has 1 atom stereocenters. The minimum Gasteiger partial charge on any atom is -0.328 e. The smallest absolute Gasteiger partial charge is 0.0894 e. The molecule has 0 radical (unpaired) electrons. The maximum absolute atomic E-state index is 5.10. The van der Waals surface area contributed by atoms with E-state index in [1.165, 1.54) is 44.6 Å². The zero-order valence-corrected chi connectivity index (χ0v) is 22.0. The van der Waals surface area contributed by atoms with Crippen LogP contribution in [0.5, 0.6) is 0 Å². The monoisotopic (exact) mass is 471 g/mol. The summed E-state index contributed by atoms with van der Waals surface area (Å²) in [4.78, 5) is 12.1. The number of aryl methyl sites for hydroxylation is 6. The van der Waals surface area contributed by atoms with Crippen molar-refractivity contribution >= 4 is 11.4 Å². The van der Waals surface area contributed by atoms with Crippen molar-refractivity contribution in [3.63, 3.8) is 0 Å². The molecule has 0 aliphatic carbocycles. The Morgan fingerprint density at radius 3 is 1.92 bits per heavy atom. The van der Waals surface area contributed by atoms with Gasteiger partial charge in [-0.2, -0.15) is 0 Å². The second kappa shape index (κ2) is 9.58. The minimum absolute atomic E-state index is 0.0611. The van der Waals surface area contributed by atoms with Crippen LogP contribution in [0.1, 0.15) is 50.7 Å². The largest absolute Gasteiger partial charge is 0.328 e.